The number of phenols is 1. The van der Waals surface area contributed by atoms with Crippen LogP contribution in [0.15, 0.2) is 23.8 Å². The van der Waals surface area contributed by atoms with Crippen molar-refractivity contribution in [1.29, 1.82) is 0 Å². The van der Waals surface area contributed by atoms with Crippen LogP contribution in [0.3, 0.4) is 0 Å². The molecule has 132 valence electrons. The van der Waals surface area contributed by atoms with E-state index in [2.05, 4.69) is 39.8 Å². The maximum absolute atomic E-state index is 10.8. The number of hydrogen-bond donors (Lipinski definition) is 1. The molecule has 1 heterocycles. The van der Waals surface area contributed by atoms with Crippen LogP contribution in [0.5, 0.6) is 11.5 Å². The Labute approximate surface area is 146 Å². The van der Waals surface area contributed by atoms with Crippen LogP contribution in [-0.2, 0) is 6.42 Å². The van der Waals surface area contributed by atoms with E-state index in [1.54, 1.807) is 0 Å². The van der Waals surface area contributed by atoms with E-state index in [0.717, 1.165) is 30.8 Å². The van der Waals surface area contributed by atoms with E-state index in [1.165, 1.54) is 36.8 Å². The fourth-order valence-corrected chi connectivity index (χ4v) is 4.45. The number of phenolic OH excluding ortho intramolecular Hbond substituents is 1. The monoisotopic (exact) mass is 328 g/mol. The van der Waals surface area contributed by atoms with Gasteiger partial charge in [-0.15, -0.1) is 0 Å². The van der Waals surface area contributed by atoms with Crippen molar-refractivity contribution in [3.8, 4) is 11.5 Å². The molecule has 1 N–H and O–H groups in total. The summed E-state index contributed by atoms with van der Waals surface area (Å²) in [6.45, 7) is 9.78. The van der Waals surface area contributed by atoms with E-state index in [1.807, 2.05) is 6.07 Å². The summed E-state index contributed by atoms with van der Waals surface area (Å²) in [5, 5.41) is 10.8. The van der Waals surface area contributed by atoms with E-state index in [-0.39, 0.29) is 11.3 Å². The minimum atomic E-state index is 0.121. The average molecular weight is 328 g/mol. The first-order valence-electron chi connectivity index (χ1n) is 9.58. The van der Waals surface area contributed by atoms with Crippen LogP contribution in [0.1, 0.15) is 76.8 Å². The van der Waals surface area contributed by atoms with Crippen molar-refractivity contribution >= 4 is 0 Å². The Morgan fingerprint density at radius 3 is 2.79 bits per heavy atom. The van der Waals surface area contributed by atoms with Crippen molar-refractivity contribution in [3.05, 3.63) is 34.9 Å². The molecule has 1 aromatic carbocycles. The maximum atomic E-state index is 10.8. The Bertz CT molecular complexity index is 627. The normalized spacial score (nSPS) is 25.1. The average Bonchev–Trinajstić information content (AvgIpc) is 2.63. The summed E-state index contributed by atoms with van der Waals surface area (Å²) >= 11 is 0. The SMILES string of the molecule is CCCCCc1cc(O)c2c(c1)OCC(C)(C)C1CCC(C)=CC21. The zero-order valence-electron chi connectivity index (χ0n) is 15.7. The van der Waals surface area contributed by atoms with Gasteiger partial charge in [-0.05, 0) is 56.2 Å². The van der Waals surface area contributed by atoms with Gasteiger partial charge in [-0.1, -0.05) is 45.3 Å². The fourth-order valence-electron chi connectivity index (χ4n) is 4.45. The lowest BCUT2D eigenvalue weighted by molar-refractivity contribution is 0.109. The minimum Gasteiger partial charge on any atom is -0.507 e. The molecule has 2 nitrogen and oxygen atoms in total. The number of aryl methyl sites for hydroxylation is 1. The molecule has 2 unspecified atom stereocenters. The summed E-state index contributed by atoms with van der Waals surface area (Å²) in [7, 11) is 0. The third-order valence-corrected chi connectivity index (χ3v) is 5.93. The number of benzene rings is 1. The highest BCUT2D eigenvalue weighted by Crippen LogP contribution is 2.53. The van der Waals surface area contributed by atoms with Crippen molar-refractivity contribution in [2.24, 2.45) is 11.3 Å². The number of hydrogen-bond acceptors (Lipinski definition) is 2. The molecule has 0 spiro atoms. The Morgan fingerprint density at radius 1 is 1.25 bits per heavy atom. The lowest BCUT2D eigenvalue weighted by Crippen LogP contribution is -2.33. The molecule has 3 rings (SSSR count). The van der Waals surface area contributed by atoms with Crippen LogP contribution in [-0.4, -0.2) is 11.7 Å². The first kappa shape index (κ1) is 17.4. The maximum Gasteiger partial charge on any atom is 0.127 e. The van der Waals surface area contributed by atoms with Crippen LogP contribution >= 0.6 is 0 Å². The topological polar surface area (TPSA) is 29.5 Å². The van der Waals surface area contributed by atoms with Crippen molar-refractivity contribution in [2.45, 2.75) is 72.1 Å². The third kappa shape index (κ3) is 3.34. The number of ether oxygens (including phenoxy) is 1. The molecule has 2 heteroatoms. The molecule has 24 heavy (non-hydrogen) atoms. The molecule has 0 aromatic heterocycles. The van der Waals surface area contributed by atoms with Gasteiger partial charge in [-0.2, -0.15) is 0 Å². The molecule has 0 fully saturated rings. The highest BCUT2D eigenvalue weighted by atomic mass is 16.5. The van der Waals surface area contributed by atoms with Gasteiger partial charge < -0.3 is 9.84 Å². The highest BCUT2D eigenvalue weighted by molar-refractivity contribution is 5.52. The third-order valence-electron chi connectivity index (χ3n) is 5.93. The van der Waals surface area contributed by atoms with Crippen LogP contribution in [0.2, 0.25) is 0 Å². The summed E-state index contributed by atoms with van der Waals surface area (Å²) in [6, 6.07) is 4.16. The van der Waals surface area contributed by atoms with Crippen molar-refractivity contribution in [3.63, 3.8) is 0 Å². The van der Waals surface area contributed by atoms with Gasteiger partial charge in [0.05, 0.1) is 6.61 Å². The first-order valence-corrected chi connectivity index (χ1v) is 9.58. The summed E-state index contributed by atoms with van der Waals surface area (Å²) in [5.74, 6) is 2.14. The molecule has 0 radical (unpaired) electrons. The molecule has 0 amide bonds. The Kier molecular flexibility index (Phi) is 4.94. The van der Waals surface area contributed by atoms with Crippen molar-refractivity contribution in [2.75, 3.05) is 6.61 Å². The quantitative estimate of drug-likeness (QED) is 0.544. The molecule has 2 atom stereocenters. The zero-order chi connectivity index (χ0) is 17.3. The predicted octanol–water partition coefficient (Wildman–Crippen LogP) is 5.98. The standard InChI is InChI=1S/C22H32O2/c1-5-6-7-8-16-12-19(23)21-17-11-15(2)9-10-18(17)22(3,4)14-24-20(21)13-16/h11-13,17-18,23H,5-10,14H2,1-4H3. The zero-order valence-corrected chi connectivity index (χ0v) is 15.7. The molecular weight excluding hydrogens is 296 g/mol. The molecular formula is C22H32O2. The van der Waals surface area contributed by atoms with E-state index >= 15 is 0 Å². The highest BCUT2D eigenvalue weighted by Gasteiger charge is 2.42. The smallest absolute Gasteiger partial charge is 0.127 e. The summed E-state index contributed by atoms with van der Waals surface area (Å²) in [4.78, 5) is 0. The van der Waals surface area contributed by atoms with Crippen molar-refractivity contribution < 1.29 is 9.84 Å². The van der Waals surface area contributed by atoms with Gasteiger partial charge in [0.15, 0.2) is 0 Å². The number of unbranched alkanes of at least 4 members (excludes halogenated alkanes) is 2. The van der Waals surface area contributed by atoms with Crippen molar-refractivity contribution in [1.82, 2.24) is 0 Å². The lowest BCUT2D eigenvalue weighted by atomic mass is 9.65. The second-order valence-electron chi connectivity index (χ2n) is 8.45. The van der Waals surface area contributed by atoms with Crippen LogP contribution < -0.4 is 4.74 Å². The summed E-state index contributed by atoms with van der Waals surface area (Å²) in [5.41, 5.74) is 3.78. The van der Waals surface area contributed by atoms with Crippen LogP contribution in [0, 0.1) is 11.3 Å². The van der Waals surface area contributed by atoms with Gasteiger partial charge in [-0.25, -0.2) is 0 Å². The largest absolute Gasteiger partial charge is 0.507 e. The second kappa shape index (κ2) is 6.82. The van der Waals surface area contributed by atoms with Gasteiger partial charge in [0.25, 0.3) is 0 Å². The van der Waals surface area contributed by atoms with Gasteiger partial charge in [0, 0.05) is 16.9 Å². The minimum absolute atomic E-state index is 0.121. The summed E-state index contributed by atoms with van der Waals surface area (Å²) in [6.07, 6.45) is 9.36. The molecule has 1 aromatic rings. The van der Waals surface area contributed by atoms with Crippen LogP contribution in [0.4, 0.5) is 0 Å². The Hall–Kier alpha value is -1.44. The Balaban J connectivity index is 2.00. The molecule has 0 saturated heterocycles. The molecule has 1 aliphatic carbocycles. The van der Waals surface area contributed by atoms with Gasteiger partial charge in [0.1, 0.15) is 11.5 Å². The number of allylic oxidation sites excluding steroid dienone is 2. The van der Waals surface area contributed by atoms with E-state index < -0.39 is 0 Å². The predicted molar refractivity (Wildman–Crippen MR) is 99.8 cm³/mol. The van der Waals surface area contributed by atoms with Gasteiger partial charge in [0.2, 0.25) is 0 Å². The van der Waals surface area contributed by atoms with Gasteiger partial charge >= 0.3 is 0 Å². The van der Waals surface area contributed by atoms with E-state index in [9.17, 15) is 5.11 Å². The number of rotatable bonds is 4. The van der Waals surface area contributed by atoms with Crippen LogP contribution in [0.25, 0.3) is 0 Å². The molecule has 0 bridgehead atoms. The Morgan fingerprint density at radius 2 is 2.04 bits per heavy atom. The molecule has 2 aliphatic rings. The van der Waals surface area contributed by atoms with E-state index in [0.29, 0.717) is 11.7 Å². The molecule has 0 saturated carbocycles. The molecule has 1 aliphatic heterocycles. The number of aromatic hydroxyl groups is 1. The fraction of sp³-hybridized carbons (Fsp3) is 0.636. The van der Waals surface area contributed by atoms with Gasteiger partial charge in [-0.3, -0.25) is 0 Å². The summed E-state index contributed by atoms with van der Waals surface area (Å²) < 4.78 is 6.23. The van der Waals surface area contributed by atoms with E-state index in [4.69, 9.17) is 4.74 Å². The lowest BCUT2D eigenvalue weighted by Gasteiger charge is -2.38. The number of fused-ring (bicyclic) bond motifs is 3. The second-order valence-corrected chi connectivity index (χ2v) is 8.45. The first-order chi connectivity index (χ1) is 11.4.